The van der Waals surface area contributed by atoms with Crippen LogP contribution >= 0.6 is 0 Å². The lowest BCUT2D eigenvalue weighted by molar-refractivity contribution is -0.136. The molecular weight excluding hydrogens is 376 g/mol. The SMILES string of the molecule is CC(C)c1ccc(CN2CCN(CN3C(=O)N[C@]4(CCCC[C@@H]4C)C3=O)CC2)cc1. The average molecular weight is 413 g/mol. The van der Waals surface area contributed by atoms with Crippen molar-refractivity contribution in [3.05, 3.63) is 35.4 Å². The molecule has 1 spiro atoms. The minimum absolute atomic E-state index is 0.00706. The smallest absolute Gasteiger partial charge is 0.323 e. The molecular formula is C24H36N4O2. The molecule has 1 aromatic rings. The highest BCUT2D eigenvalue weighted by Crippen LogP contribution is 2.38. The third kappa shape index (κ3) is 4.12. The van der Waals surface area contributed by atoms with E-state index in [4.69, 9.17) is 0 Å². The summed E-state index contributed by atoms with van der Waals surface area (Å²) in [6.45, 7) is 11.6. The predicted octanol–water partition coefficient (Wildman–Crippen LogP) is 3.39. The lowest BCUT2D eigenvalue weighted by Crippen LogP contribution is -2.55. The first-order chi connectivity index (χ1) is 14.4. The number of amides is 3. The third-order valence-electron chi connectivity index (χ3n) is 7.36. The number of piperazine rings is 1. The molecule has 1 aromatic carbocycles. The summed E-state index contributed by atoms with van der Waals surface area (Å²) in [6.07, 6.45) is 3.95. The quantitative estimate of drug-likeness (QED) is 0.754. The molecule has 2 heterocycles. The number of urea groups is 1. The Bertz CT molecular complexity index is 770. The summed E-state index contributed by atoms with van der Waals surface area (Å²) in [5, 5.41) is 3.06. The summed E-state index contributed by atoms with van der Waals surface area (Å²) in [5.41, 5.74) is 2.07. The minimum atomic E-state index is -0.653. The lowest BCUT2D eigenvalue weighted by atomic mass is 9.73. The molecule has 6 nitrogen and oxygen atoms in total. The van der Waals surface area contributed by atoms with Crippen LogP contribution in [0.4, 0.5) is 4.79 Å². The fourth-order valence-corrected chi connectivity index (χ4v) is 5.18. The molecule has 0 unspecified atom stereocenters. The second kappa shape index (κ2) is 8.67. The van der Waals surface area contributed by atoms with Crippen molar-refractivity contribution in [1.82, 2.24) is 20.0 Å². The number of hydrogen-bond acceptors (Lipinski definition) is 4. The summed E-state index contributed by atoms with van der Waals surface area (Å²) in [7, 11) is 0. The van der Waals surface area contributed by atoms with Crippen molar-refractivity contribution < 1.29 is 9.59 Å². The van der Waals surface area contributed by atoms with E-state index in [2.05, 4.69) is 60.2 Å². The van der Waals surface area contributed by atoms with Gasteiger partial charge in [0.1, 0.15) is 5.54 Å². The van der Waals surface area contributed by atoms with Crippen molar-refractivity contribution in [3.8, 4) is 0 Å². The summed E-state index contributed by atoms with van der Waals surface area (Å²) in [4.78, 5) is 31.9. The average Bonchev–Trinajstić information content (AvgIpc) is 2.97. The maximum absolute atomic E-state index is 13.2. The van der Waals surface area contributed by atoms with Crippen LogP contribution in [0.3, 0.4) is 0 Å². The van der Waals surface area contributed by atoms with E-state index < -0.39 is 5.54 Å². The molecule has 3 fully saturated rings. The van der Waals surface area contributed by atoms with Gasteiger partial charge < -0.3 is 5.32 Å². The number of nitrogens with zero attached hydrogens (tertiary/aromatic N) is 3. The number of nitrogens with one attached hydrogen (secondary N) is 1. The van der Waals surface area contributed by atoms with Crippen LogP contribution in [0, 0.1) is 5.92 Å². The molecule has 30 heavy (non-hydrogen) atoms. The molecule has 0 radical (unpaired) electrons. The molecule has 1 saturated carbocycles. The van der Waals surface area contributed by atoms with Gasteiger partial charge in [-0.1, -0.05) is 57.9 Å². The van der Waals surface area contributed by atoms with Gasteiger partial charge in [0.2, 0.25) is 0 Å². The van der Waals surface area contributed by atoms with E-state index in [0.717, 1.165) is 58.4 Å². The molecule has 3 amide bonds. The van der Waals surface area contributed by atoms with Crippen LogP contribution in [0.5, 0.6) is 0 Å². The number of carbonyl (C=O) groups excluding carboxylic acids is 2. The fraction of sp³-hybridized carbons (Fsp3) is 0.667. The Morgan fingerprint density at radius 3 is 2.33 bits per heavy atom. The minimum Gasteiger partial charge on any atom is -0.323 e. The zero-order valence-corrected chi connectivity index (χ0v) is 18.7. The van der Waals surface area contributed by atoms with Gasteiger partial charge in [-0.05, 0) is 35.8 Å². The van der Waals surface area contributed by atoms with Gasteiger partial charge in [0.15, 0.2) is 0 Å². The van der Waals surface area contributed by atoms with Gasteiger partial charge >= 0.3 is 6.03 Å². The maximum Gasteiger partial charge on any atom is 0.326 e. The summed E-state index contributed by atoms with van der Waals surface area (Å²) in [6, 6.07) is 8.73. The third-order valence-corrected chi connectivity index (χ3v) is 7.36. The van der Waals surface area contributed by atoms with Crippen molar-refractivity contribution in [2.24, 2.45) is 5.92 Å². The number of benzene rings is 1. The van der Waals surface area contributed by atoms with Crippen molar-refractivity contribution in [3.63, 3.8) is 0 Å². The number of rotatable bonds is 5. The summed E-state index contributed by atoms with van der Waals surface area (Å²) in [5.74, 6) is 0.767. The Balaban J connectivity index is 1.29. The van der Waals surface area contributed by atoms with Crippen LogP contribution in [-0.2, 0) is 11.3 Å². The first-order valence-corrected chi connectivity index (χ1v) is 11.6. The molecule has 0 aromatic heterocycles. The Morgan fingerprint density at radius 2 is 1.70 bits per heavy atom. The number of carbonyl (C=O) groups is 2. The van der Waals surface area contributed by atoms with Crippen molar-refractivity contribution in [1.29, 1.82) is 0 Å². The molecule has 2 atom stereocenters. The van der Waals surface area contributed by atoms with Crippen molar-refractivity contribution in [2.45, 2.75) is 64.5 Å². The Morgan fingerprint density at radius 1 is 1.03 bits per heavy atom. The van der Waals surface area contributed by atoms with E-state index in [1.54, 1.807) is 0 Å². The monoisotopic (exact) mass is 412 g/mol. The van der Waals surface area contributed by atoms with Gasteiger partial charge in [-0.2, -0.15) is 0 Å². The van der Waals surface area contributed by atoms with Crippen molar-refractivity contribution >= 4 is 11.9 Å². The van der Waals surface area contributed by atoms with Crippen LogP contribution in [0.15, 0.2) is 24.3 Å². The highest BCUT2D eigenvalue weighted by molar-refractivity contribution is 6.07. The van der Waals surface area contributed by atoms with Crippen LogP contribution in [0.25, 0.3) is 0 Å². The molecule has 3 aliphatic rings. The normalized spacial score (nSPS) is 28.5. The van der Waals surface area contributed by atoms with E-state index in [9.17, 15) is 9.59 Å². The van der Waals surface area contributed by atoms with Crippen LogP contribution in [0.2, 0.25) is 0 Å². The number of hydrogen-bond donors (Lipinski definition) is 1. The van der Waals surface area contributed by atoms with E-state index in [1.165, 1.54) is 16.0 Å². The van der Waals surface area contributed by atoms with E-state index in [-0.39, 0.29) is 17.9 Å². The van der Waals surface area contributed by atoms with Gasteiger partial charge in [0.25, 0.3) is 5.91 Å². The summed E-state index contributed by atoms with van der Waals surface area (Å²) >= 11 is 0. The highest BCUT2D eigenvalue weighted by atomic mass is 16.2. The van der Waals surface area contributed by atoms with E-state index >= 15 is 0 Å². The zero-order valence-electron chi connectivity index (χ0n) is 18.7. The van der Waals surface area contributed by atoms with Crippen molar-refractivity contribution in [2.75, 3.05) is 32.8 Å². The topological polar surface area (TPSA) is 55.9 Å². The molecule has 1 aliphatic carbocycles. The van der Waals surface area contributed by atoms with E-state index in [1.807, 2.05) is 0 Å². The molecule has 1 N–H and O–H groups in total. The molecule has 0 bridgehead atoms. The second-order valence-electron chi connectivity index (χ2n) is 9.71. The first-order valence-electron chi connectivity index (χ1n) is 11.6. The molecule has 2 saturated heterocycles. The Labute approximate surface area is 180 Å². The van der Waals surface area contributed by atoms with E-state index in [0.29, 0.717) is 12.6 Å². The zero-order chi connectivity index (χ0) is 21.3. The molecule has 164 valence electrons. The van der Waals surface area contributed by atoms with Crippen LogP contribution in [0.1, 0.15) is 63.5 Å². The fourth-order valence-electron chi connectivity index (χ4n) is 5.18. The van der Waals surface area contributed by atoms with Gasteiger partial charge in [0, 0.05) is 32.7 Å². The summed E-state index contributed by atoms with van der Waals surface area (Å²) < 4.78 is 0. The Hall–Kier alpha value is -1.92. The second-order valence-corrected chi connectivity index (χ2v) is 9.71. The number of imide groups is 1. The van der Waals surface area contributed by atoms with Crippen LogP contribution < -0.4 is 5.32 Å². The largest absolute Gasteiger partial charge is 0.326 e. The molecule has 2 aliphatic heterocycles. The predicted molar refractivity (Wildman–Crippen MR) is 118 cm³/mol. The van der Waals surface area contributed by atoms with Gasteiger partial charge in [0.05, 0.1) is 6.67 Å². The molecule has 4 rings (SSSR count). The lowest BCUT2D eigenvalue weighted by Gasteiger charge is -2.38. The maximum atomic E-state index is 13.2. The van der Waals surface area contributed by atoms with Gasteiger partial charge in [-0.3, -0.25) is 14.6 Å². The Kier molecular flexibility index (Phi) is 6.16. The van der Waals surface area contributed by atoms with Crippen LogP contribution in [-0.4, -0.2) is 65.0 Å². The first kappa shape index (κ1) is 21.3. The van der Waals surface area contributed by atoms with Gasteiger partial charge in [-0.15, -0.1) is 0 Å². The standard InChI is InChI=1S/C24H36N4O2/c1-18(2)21-9-7-20(8-10-21)16-26-12-14-27(15-13-26)17-28-22(29)24(25-23(28)30)11-5-4-6-19(24)3/h7-10,18-19H,4-6,11-17H2,1-3H3,(H,25,30)/t19-,24-/m0/s1. The van der Waals surface area contributed by atoms with Gasteiger partial charge in [-0.25, -0.2) is 9.69 Å². The highest BCUT2D eigenvalue weighted by Gasteiger charge is 2.55. The molecule has 6 heteroatoms.